The number of hydrogen-bond acceptors (Lipinski definition) is 7. The number of amides is 1. The van der Waals surface area contributed by atoms with Crippen LogP contribution in [0.3, 0.4) is 0 Å². The molecule has 4 rings (SSSR count). The van der Waals surface area contributed by atoms with Crippen LogP contribution in [0.1, 0.15) is 16.1 Å². The summed E-state index contributed by atoms with van der Waals surface area (Å²) in [6, 6.07) is 7.24. The Kier molecular flexibility index (Phi) is 5.02. The molecule has 0 radical (unpaired) electrons. The van der Waals surface area contributed by atoms with Crippen molar-refractivity contribution in [3.63, 3.8) is 0 Å². The molecule has 0 saturated heterocycles. The summed E-state index contributed by atoms with van der Waals surface area (Å²) in [4.78, 5) is 29.5. The minimum absolute atomic E-state index is 0.169. The first kappa shape index (κ1) is 18.2. The third-order valence-electron chi connectivity index (χ3n) is 3.93. The van der Waals surface area contributed by atoms with Crippen molar-refractivity contribution in [2.75, 3.05) is 13.9 Å². The first-order valence-corrected chi connectivity index (χ1v) is 10.3. The minimum Gasteiger partial charge on any atom is -0.469 e. The number of halogens is 1. The molecule has 1 amide bonds. The van der Waals surface area contributed by atoms with E-state index in [9.17, 15) is 9.59 Å². The molecule has 27 heavy (non-hydrogen) atoms. The van der Waals surface area contributed by atoms with Crippen LogP contribution < -0.4 is 14.3 Å². The lowest BCUT2D eigenvalue weighted by Crippen LogP contribution is -2.19. The van der Waals surface area contributed by atoms with Crippen molar-refractivity contribution in [2.24, 2.45) is 4.99 Å². The highest BCUT2D eigenvalue weighted by Gasteiger charge is 2.19. The van der Waals surface area contributed by atoms with Crippen molar-refractivity contribution in [3.8, 4) is 11.5 Å². The fraction of sp³-hybridized carbons (Fsp3) is 0.235. The van der Waals surface area contributed by atoms with Gasteiger partial charge in [-0.1, -0.05) is 11.3 Å². The van der Waals surface area contributed by atoms with Gasteiger partial charge in [0.15, 0.2) is 16.3 Å². The molecule has 140 valence electrons. The lowest BCUT2D eigenvalue weighted by Gasteiger charge is -2.05. The second kappa shape index (κ2) is 7.45. The van der Waals surface area contributed by atoms with Crippen LogP contribution in [0.15, 0.2) is 33.0 Å². The van der Waals surface area contributed by atoms with E-state index in [0.29, 0.717) is 27.7 Å². The van der Waals surface area contributed by atoms with Crippen LogP contribution in [0.4, 0.5) is 0 Å². The molecular weight excluding hydrogens is 456 g/mol. The van der Waals surface area contributed by atoms with Gasteiger partial charge in [-0.15, -0.1) is 11.3 Å². The first-order valence-electron chi connectivity index (χ1n) is 7.89. The lowest BCUT2D eigenvalue weighted by molar-refractivity contribution is -0.140. The maximum absolute atomic E-state index is 12.5. The Hall–Kier alpha value is -2.17. The molecule has 0 saturated carbocycles. The van der Waals surface area contributed by atoms with Gasteiger partial charge in [0.05, 0.1) is 32.4 Å². The number of nitrogens with zero attached hydrogens (tertiary/aromatic N) is 2. The number of carbonyl (C=O) groups excluding carboxylic acids is 2. The topological polar surface area (TPSA) is 79.1 Å². The van der Waals surface area contributed by atoms with E-state index >= 15 is 0 Å². The standard InChI is InChI=1S/C17H13BrN2O5S2/c1-23-15(21)4-5-20-9-6-10-11(25-8-24-10)7-13(9)27-17(20)19-16(22)12-2-3-14(18)26-12/h2-3,6-7H,4-5,8H2,1H3. The predicted molar refractivity (Wildman–Crippen MR) is 104 cm³/mol. The van der Waals surface area contributed by atoms with E-state index in [1.54, 1.807) is 6.07 Å². The van der Waals surface area contributed by atoms with Crippen molar-refractivity contribution < 1.29 is 23.8 Å². The van der Waals surface area contributed by atoms with Gasteiger partial charge in [-0.3, -0.25) is 9.59 Å². The third-order valence-corrected chi connectivity index (χ3v) is 6.58. The zero-order valence-electron chi connectivity index (χ0n) is 14.1. The molecule has 0 fully saturated rings. The average Bonchev–Trinajstić information content (AvgIpc) is 3.36. The number of ether oxygens (including phenoxy) is 3. The van der Waals surface area contributed by atoms with Crippen LogP contribution in [0.5, 0.6) is 11.5 Å². The molecule has 0 spiro atoms. The highest BCUT2D eigenvalue weighted by molar-refractivity contribution is 9.11. The number of fused-ring (bicyclic) bond motifs is 2. The molecule has 1 aromatic carbocycles. The molecule has 0 aliphatic carbocycles. The van der Waals surface area contributed by atoms with Crippen molar-refractivity contribution in [2.45, 2.75) is 13.0 Å². The van der Waals surface area contributed by atoms with E-state index in [0.717, 1.165) is 14.0 Å². The Morgan fingerprint density at radius 3 is 2.74 bits per heavy atom. The van der Waals surface area contributed by atoms with Gasteiger partial charge in [0.25, 0.3) is 5.91 Å². The summed E-state index contributed by atoms with van der Waals surface area (Å²) in [5, 5.41) is 0. The summed E-state index contributed by atoms with van der Waals surface area (Å²) < 4.78 is 19.2. The number of thiophene rings is 1. The van der Waals surface area contributed by atoms with Crippen LogP contribution in [0.2, 0.25) is 0 Å². The largest absolute Gasteiger partial charge is 0.469 e. The Morgan fingerprint density at radius 1 is 1.26 bits per heavy atom. The van der Waals surface area contributed by atoms with Gasteiger partial charge in [-0.2, -0.15) is 4.99 Å². The molecule has 3 aromatic rings. The number of benzene rings is 1. The number of methoxy groups -OCH3 is 1. The third kappa shape index (κ3) is 3.64. The number of aryl methyl sites for hydroxylation is 1. The Balaban J connectivity index is 1.81. The number of aromatic nitrogens is 1. The molecule has 0 N–H and O–H groups in total. The van der Waals surface area contributed by atoms with Gasteiger partial charge in [0.2, 0.25) is 6.79 Å². The Morgan fingerprint density at radius 2 is 2.04 bits per heavy atom. The minimum atomic E-state index is -0.331. The zero-order chi connectivity index (χ0) is 19.0. The van der Waals surface area contributed by atoms with Gasteiger partial charge in [-0.05, 0) is 28.1 Å². The second-order valence-corrected chi connectivity index (χ2v) is 9.03. The van der Waals surface area contributed by atoms with E-state index in [4.69, 9.17) is 14.2 Å². The number of hydrogen-bond donors (Lipinski definition) is 0. The molecule has 7 nitrogen and oxygen atoms in total. The van der Waals surface area contributed by atoms with Crippen molar-refractivity contribution >= 4 is 60.7 Å². The number of rotatable bonds is 4. The van der Waals surface area contributed by atoms with Gasteiger partial charge in [0.1, 0.15) is 0 Å². The maximum atomic E-state index is 12.5. The normalized spacial score (nSPS) is 13.3. The van der Waals surface area contributed by atoms with E-state index in [2.05, 4.69) is 20.9 Å². The van der Waals surface area contributed by atoms with E-state index in [1.165, 1.54) is 29.8 Å². The quantitative estimate of drug-likeness (QED) is 0.546. The van der Waals surface area contributed by atoms with Gasteiger partial charge in [-0.25, -0.2) is 0 Å². The highest BCUT2D eigenvalue weighted by Crippen LogP contribution is 2.37. The number of esters is 1. The zero-order valence-corrected chi connectivity index (χ0v) is 17.3. The SMILES string of the molecule is COC(=O)CCn1c(=NC(=O)c2ccc(Br)s2)sc2cc3c(cc21)OCO3. The van der Waals surface area contributed by atoms with Gasteiger partial charge < -0.3 is 18.8 Å². The summed E-state index contributed by atoms with van der Waals surface area (Å²) in [6.07, 6.45) is 0.169. The molecule has 0 bridgehead atoms. The molecule has 0 unspecified atom stereocenters. The summed E-state index contributed by atoms with van der Waals surface area (Å²) in [6.45, 7) is 0.518. The van der Waals surface area contributed by atoms with Crippen LogP contribution in [0, 0.1) is 0 Å². The van der Waals surface area contributed by atoms with Crippen LogP contribution in [0.25, 0.3) is 10.2 Å². The van der Waals surface area contributed by atoms with Crippen molar-refractivity contribution in [1.82, 2.24) is 4.57 Å². The molecule has 1 aliphatic heterocycles. The monoisotopic (exact) mass is 468 g/mol. The fourth-order valence-corrected chi connectivity index (χ4v) is 4.97. The Labute approximate surface area is 169 Å². The maximum Gasteiger partial charge on any atom is 0.307 e. The van der Waals surface area contributed by atoms with Crippen LogP contribution >= 0.6 is 38.6 Å². The smallest absolute Gasteiger partial charge is 0.307 e. The van der Waals surface area contributed by atoms with E-state index in [-0.39, 0.29) is 25.1 Å². The molecule has 0 atom stereocenters. The first-order chi connectivity index (χ1) is 13.0. The summed E-state index contributed by atoms with van der Waals surface area (Å²) in [5.41, 5.74) is 0.826. The molecule has 3 heterocycles. The van der Waals surface area contributed by atoms with Crippen LogP contribution in [-0.4, -0.2) is 30.3 Å². The summed E-state index contributed by atoms with van der Waals surface area (Å²) in [5.74, 6) is 0.627. The summed E-state index contributed by atoms with van der Waals surface area (Å²) >= 11 is 6.03. The fourth-order valence-electron chi connectivity index (χ4n) is 2.64. The van der Waals surface area contributed by atoms with Gasteiger partial charge in [0, 0.05) is 18.7 Å². The number of thiazole rings is 1. The lowest BCUT2D eigenvalue weighted by atomic mass is 10.3. The molecule has 10 heteroatoms. The number of carbonyl (C=O) groups is 2. The van der Waals surface area contributed by atoms with E-state index < -0.39 is 0 Å². The van der Waals surface area contributed by atoms with E-state index in [1.807, 2.05) is 22.8 Å². The molecule has 2 aromatic heterocycles. The average molecular weight is 469 g/mol. The second-order valence-electron chi connectivity index (χ2n) is 5.56. The van der Waals surface area contributed by atoms with Gasteiger partial charge >= 0.3 is 5.97 Å². The summed E-state index contributed by atoms with van der Waals surface area (Å²) in [7, 11) is 1.35. The molecular formula is C17H13BrN2O5S2. The van der Waals surface area contributed by atoms with Crippen molar-refractivity contribution in [3.05, 3.63) is 37.7 Å². The highest BCUT2D eigenvalue weighted by atomic mass is 79.9. The molecule has 1 aliphatic rings. The predicted octanol–water partition coefficient (Wildman–Crippen LogP) is 3.56. The van der Waals surface area contributed by atoms with Crippen LogP contribution in [-0.2, 0) is 16.1 Å². The van der Waals surface area contributed by atoms with Crippen molar-refractivity contribution in [1.29, 1.82) is 0 Å². The Bertz CT molecular complexity index is 1110.